The van der Waals surface area contributed by atoms with Crippen LogP contribution >= 0.6 is 0 Å². The molecule has 0 saturated heterocycles. The van der Waals surface area contributed by atoms with Crippen molar-refractivity contribution in [2.45, 2.75) is 34.1 Å². The van der Waals surface area contributed by atoms with Crippen LogP contribution in [0, 0.1) is 12.8 Å². The van der Waals surface area contributed by atoms with E-state index in [2.05, 4.69) is 19.0 Å². The third kappa shape index (κ3) is 3.77. The van der Waals surface area contributed by atoms with Gasteiger partial charge in [0.05, 0.1) is 12.3 Å². The molecule has 0 aromatic heterocycles. The molecule has 0 aliphatic heterocycles. The molecule has 0 bridgehead atoms. The summed E-state index contributed by atoms with van der Waals surface area (Å²) in [7, 11) is 0. The normalized spacial score (nSPS) is 13.5. The van der Waals surface area contributed by atoms with Gasteiger partial charge in [-0.3, -0.25) is 0 Å². The molecule has 1 atom stereocenters. The van der Waals surface area contributed by atoms with Crippen molar-refractivity contribution in [1.29, 1.82) is 0 Å². The number of benzene rings is 1. The molecule has 1 aromatic rings. The maximum absolute atomic E-state index is 8.86. The van der Waals surface area contributed by atoms with Gasteiger partial charge in [0.2, 0.25) is 0 Å². The predicted molar refractivity (Wildman–Crippen MR) is 70.1 cm³/mol. The maximum atomic E-state index is 8.86. The SMILES string of the molecule is CCC(C)COc1ccc(C)cc1C(C)=NO. The number of aryl methyl sites for hydroxylation is 1. The number of nitrogens with zero attached hydrogens (tertiary/aromatic N) is 1. The fraction of sp³-hybridized carbons (Fsp3) is 0.500. The minimum Gasteiger partial charge on any atom is -0.493 e. The van der Waals surface area contributed by atoms with Gasteiger partial charge in [-0.15, -0.1) is 0 Å². The fourth-order valence-electron chi connectivity index (χ4n) is 1.46. The third-order valence-electron chi connectivity index (χ3n) is 2.90. The highest BCUT2D eigenvalue weighted by Crippen LogP contribution is 2.22. The molecular formula is C14H21NO2. The van der Waals surface area contributed by atoms with Crippen molar-refractivity contribution in [1.82, 2.24) is 0 Å². The van der Waals surface area contributed by atoms with Gasteiger partial charge in [-0.05, 0) is 31.9 Å². The van der Waals surface area contributed by atoms with E-state index in [-0.39, 0.29) is 0 Å². The molecule has 0 aliphatic carbocycles. The van der Waals surface area contributed by atoms with Crippen molar-refractivity contribution >= 4 is 5.71 Å². The lowest BCUT2D eigenvalue weighted by Crippen LogP contribution is -2.10. The first-order valence-electron chi connectivity index (χ1n) is 6.01. The second kappa shape index (κ2) is 6.28. The zero-order valence-corrected chi connectivity index (χ0v) is 11.0. The van der Waals surface area contributed by atoms with Gasteiger partial charge in [-0.25, -0.2) is 0 Å². The number of oxime groups is 1. The highest BCUT2D eigenvalue weighted by molar-refractivity contribution is 6.00. The molecular weight excluding hydrogens is 214 g/mol. The summed E-state index contributed by atoms with van der Waals surface area (Å²) in [4.78, 5) is 0. The minimum absolute atomic E-state index is 0.524. The van der Waals surface area contributed by atoms with E-state index in [0.29, 0.717) is 18.2 Å². The molecule has 0 spiro atoms. The van der Waals surface area contributed by atoms with Crippen molar-refractivity contribution in [2.24, 2.45) is 11.1 Å². The average Bonchev–Trinajstić information content (AvgIpc) is 2.35. The van der Waals surface area contributed by atoms with Crippen LogP contribution in [-0.2, 0) is 0 Å². The van der Waals surface area contributed by atoms with E-state index in [1.165, 1.54) is 0 Å². The topological polar surface area (TPSA) is 41.8 Å². The number of hydrogen-bond acceptors (Lipinski definition) is 3. The first kappa shape index (κ1) is 13.6. The zero-order chi connectivity index (χ0) is 12.8. The van der Waals surface area contributed by atoms with Crippen molar-refractivity contribution in [2.75, 3.05) is 6.61 Å². The highest BCUT2D eigenvalue weighted by atomic mass is 16.5. The summed E-state index contributed by atoms with van der Waals surface area (Å²) in [5.74, 6) is 1.31. The van der Waals surface area contributed by atoms with Crippen LogP contribution in [0.3, 0.4) is 0 Å². The quantitative estimate of drug-likeness (QED) is 0.481. The van der Waals surface area contributed by atoms with Gasteiger partial charge in [-0.1, -0.05) is 37.1 Å². The Bertz CT molecular complexity index is 399. The van der Waals surface area contributed by atoms with Crippen LogP contribution in [0.1, 0.15) is 38.3 Å². The van der Waals surface area contributed by atoms with E-state index >= 15 is 0 Å². The third-order valence-corrected chi connectivity index (χ3v) is 2.90. The molecule has 0 aliphatic rings. The summed E-state index contributed by atoms with van der Waals surface area (Å²) >= 11 is 0. The Balaban J connectivity index is 2.91. The molecule has 0 fully saturated rings. The molecule has 0 amide bonds. The van der Waals surface area contributed by atoms with Crippen molar-refractivity contribution in [3.05, 3.63) is 29.3 Å². The molecule has 3 heteroatoms. The van der Waals surface area contributed by atoms with Crippen LogP contribution < -0.4 is 4.74 Å². The summed E-state index contributed by atoms with van der Waals surface area (Å²) in [6.07, 6.45) is 1.09. The summed E-state index contributed by atoms with van der Waals surface area (Å²) in [6.45, 7) is 8.76. The Morgan fingerprint density at radius 3 is 2.76 bits per heavy atom. The van der Waals surface area contributed by atoms with Gasteiger partial charge in [0.25, 0.3) is 0 Å². The van der Waals surface area contributed by atoms with E-state index in [1.807, 2.05) is 25.1 Å². The number of ether oxygens (including phenoxy) is 1. The van der Waals surface area contributed by atoms with Gasteiger partial charge < -0.3 is 9.94 Å². The molecule has 0 radical (unpaired) electrons. The second-order valence-corrected chi connectivity index (χ2v) is 4.51. The highest BCUT2D eigenvalue weighted by Gasteiger charge is 2.09. The van der Waals surface area contributed by atoms with Crippen LogP contribution in [0.5, 0.6) is 5.75 Å². The summed E-state index contributed by atoms with van der Waals surface area (Å²) in [5.41, 5.74) is 2.56. The van der Waals surface area contributed by atoms with Crippen LogP contribution in [0.25, 0.3) is 0 Å². The lowest BCUT2D eigenvalue weighted by molar-refractivity contribution is 0.256. The molecule has 0 saturated carbocycles. The van der Waals surface area contributed by atoms with Gasteiger partial charge in [0.15, 0.2) is 0 Å². The van der Waals surface area contributed by atoms with Gasteiger partial charge in [0, 0.05) is 5.56 Å². The molecule has 1 N–H and O–H groups in total. The molecule has 1 aromatic carbocycles. The van der Waals surface area contributed by atoms with Crippen molar-refractivity contribution < 1.29 is 9.94 Å². The molecule has 1 unspecified atom stereocenters. The Kier molecular flexibility index (Phi) is 5.01. The van der Waals surface area contributed by atoms with Gasteiger partial charge >= 0.3 is 0 Å². The van der Waals surface area contributed by atoms with Crippen LogP contribution in [0.4, 0.5) is 0 Å². The van der Waals surface area contributed by atoms with Crippen LogP contribution in [0.15, 0.2) is 23.4 Å². The number of hydrogen-bond donors (Lipinski definition) is 1. The Hall–Kier alpha value is -1.51. The predicted octanol–water partition coefficient (Wildman–Crippen LogP) is 3.62. The van der Waals surface area contributed by atoms with Crippen LogP contribution in [-0.4, -0.2) is 17.5 Å². The molecule has 17 heavy (non-hydrogen) atoms. The maximum Gasteiger partial charge on any atom is 0.128 e. The first-order valence-corrected chi connectivity index (χ1v) is 6.01. The van der Waals surface area contributed by atoms with E-state index in [4.69, 9.17) is 9.94 Å². The summed E-state index contributed by atoms with van der Waals surface area (Å²) < 4.78 is 5.78. The summed E-state index contributed by atoms with van der Waals surface area (Å²) in [6, 6.07) is 5.91. The number of rotatable bonds is 5. The van der Waals surface area contributed by atoms with E-state index in [1.54, 1.807) is 6.92 Å². The summed E-state index contributed by atoms with van der Waals surface area (Å²) in [5, 5.41) is 12.1. The van der Waals surface area contributed by atoms with E-state index in [9.17, 15) is 0 Å². The molecule has 3 nitrogen and oxygen atoms in total. The zero-order valence-electron chi connectivity index (χ0n) is 11.0. The Morgan fingerprint density at radius 2 is 2.18 bits per heavy atom. The van der Waals surface area contributed by atoms with Gasteiger partial charge in [0.1, 0.15) is 5.75 Å². The smallest absolute Gasteiger partial charge is 0.128 e. The first-order chi connectivity index (χ1) is 8.08. The van der Waals surface area contributed by atoms with Crippen LogP contribution in [0.2, 0.25) is 0 Å². The molecule has 94 valence electrons. The Labute approximate surface area is 103 Å². The monoisotopic (exact) mass is 235 g/mol. The lowest BCUT2D eigenvalue weighted by atomic mass is 10.1. The second-order valence-electron chi connectivity index (χ2n) is 4.51. The molecule has 1 rings (SSSR count). The van der Waals surface area contributed by atoms with E-state index < -0.39 is 0 Å². The van der Waals surface area contributed by atoms with Crippen molar-refractivity contribution in [3.8, 4) is 5.75 Å². The molecule has 0 heterocycles. The van der Waals surface area contributed by atoms with Gasteiger partial charge in [-0.2, -0.15) is 0 Å². The minimum atomic E-state index is 0.524. The Morgan fingerprint density at radius 1 is 1.47 bits per heavy atom. The van der Waals surface area contributed by atoms with Crippen molar-refractivity contribution in [3.63, 3.8) is 0 Å². The lowest BCUT2D eigenvalue weighted by Gasteiger charge is -2.14. The average molecular weight is 235 g/mol. The van der Waals surface area contributed by atoms with E-state index in [0.717, 1.165) is 23.3 Å². The largest absolute Gasteiger partial charge is 0.493 e. The standard InChI is InChI=1S/C14H21NO2/c1-5-10(2)9-17-14-7-6-11(3)8-13(14)12(4)15-16/h6-8,10,16H,5,9H2,1-4H3. The fourth-order valence-corrected chi connectivity index (χ4v) is 1.46.